The number of hydrogen-bond donors (Lipinski definition) is 0. The molecule has 158 valence electrons. The fraction of sp³-hybridized carbons (Fsp3) is 0.417. The lowest BCUT2D eigenvalue weighted by Gasteiger charge is -2.34. The molecule has 0 aliphatic carbocycles. The van der Waals surface area contributed by atoms with Gasteiger partial charge in [-0.2, -0.15) is 0 Å². The summed E-state index contributed by atoms with van der Waals surface area (Å²) in [6.07, 6.45) is 1.74. The molecule has 0 saturated carbocycles. The van der Waals surface area contributed by atoms with Crippen molar-refractivity contribution in [3.05, 3.63) is 60.2 Å². The summed E-state index contributed by atoms with van der Waals surface area (Å²) in [4.78, 5) is 21.7. The van der Waals surface area contributed by atoms with Crippen LogP contribution in [0.25, 0.3) is 16.7 Å². The van der Waals surface area contributed by atoms with Crippen molar-refractivity contribution in [2.75, 3.05) is 20.1 Å². The molecule has 1 saturated heterocycles. The molecule has 0 N–H and O–H groups in total. The van der Waals surface area contributed by atoms with Crippen LogP contribution in [0.1, 0.15) is 32.5 Å². The molecule has 1 amide bonds. The summed E-state index contributed by atoms with van der Waals surface area (Å²) in [5.74, 6) is 1.04. The maximum Gasteiger partial charge on any atom is 0.225 e. The minimum absolute atomic E-state index is 0.101. The van der Waals surface area contributed by atoms with Gasteiger partial charge in [0.15, 0.2) is 0 Å². The molecule has 1 aromatic heterocycles. The fourth-order valence-electron chi connectivity index (χ4n) is 4.14. The lowest BCUT2D eigenvalue weighted by Crippen LogP contribution is -2.43. The number of fused-ring (bicyclic) bond motifs is 1. The molecule has 6 heteroatoms. The summed E-state index contributed by atoms with van der Waals surface area (Å²) in [6, 6.07) is 14.8. The summed E-state index contributed by atoms with van der Waals surface area (Å²) in [5.41, 5.74) is 2.85. The van der Waals surface area contributed by atoms with E-state index in [2.05, 4.69) is 9.47 Å². The van der Waals surface area contributed by atoms with Gasteiger partial charge in [-0.25, -0.2) is 9.37 Å². The maximum atomic E-state index is 13.5. The summed E-state index contributed by atoms with van der Waals surface area (Å²) in [7, 11) is 1.89. The number of aromatic nitrogens is 2. The monoisotopic (exact) mass is 408 g/mol. The van der Waals surface area contributed by atoms with Gasteiger partial charge in [0.25, 0.3) is 0 Å². The van der Waals surface area contributed by atoms with Crippen LogP contribution in [-0.2, 0) is 11.3 Å². The normalized spacial score (nSPS) is 15.8. The van der Waals surface area contributed by atoms with E-state index in [4.69, 9.17) is 4.98 Å². The Labute approximate surface area is 177 Å². The molecular weight excluding hydrogens is 379 g/mol. The first-order valence-corrected chi connectivity index (χ1v) is 10.7. The van der Waals surface area contributed by atoms with Gasteiger partial charge >= 0.3 is 0 Å². The highest BCUT2D eigenvalue weighted by molar-refractivity contribution is 5.79. The Morgan fingerprint density at radius 3 is 2.47 bits per heavy atom. The number of amides is 1. The second-order valence-electron chi connectivity index (χ2n) is 8.42. The third kappa shape index (κ3) is 4.10. The third-order valence-electron chi connectivity index (χ3n) is 6.14. The van der Waals surface area contributed by atoms with E-state index < -0.39 is 0 Å². The van der Waals surface area contributed by atoms with Gasteiger partial charge in [-0.05, 0) is 76.2 Å². The second-order valence-corrected chi connectivity index (χ2v) is 8.42. The number of benzene rings is 2. The first-order chi connectivity index (χ1) is 14.4. The zero-order chi connectivity index (χ0) is 21.3. The van der Waals surface area contributed by atoms with Crippen LogP contribution in [0.5, 0.6) is 0 Å². The van der Waals surface area contributed by atoms with E-state index in [1.807, 2.05) is 50.1 Å². The van der Waals surface area contributed by atoms with Crippen LogP contribution >= 0.6 is 0 Å². The van der Waals surface area contributed by atoms with Crippen molar-refractivity contribution in [3.63, 3.8) is 0 Å². The SMILES string of the molecule is CC(C)N(C)C(=O)C1CCN(Cc2nc3ccccc3n2-c2ccc(F)cc2)CC1. The van der Waals surface area contributed by atoms with E-state index >= 15 is 0 Å². The van der Waals surface area contributed by atoms with Gasteiger partial charge in [-0.15, -0.1) is 0 Å². The van der Waals surface area contributed by atoms with Crippen LogP contribution in [0.2, 0.25) is 0 Å². The molecule has 0 unspecified atom stereocenters. The van der Waals surface area contributed by atoms with Gasteiger partial charge < -0.3 is 4.90 Å². The van der Waals surface area contributed by atoms with Crippen molar-refractivity contribution in [3.8, 4) is 5.69 Å². The maximum absolute atomic E-state index is 13.5. The molecule has 4 rings (SSSR count). The van der Waals surface area contributed by atoms with Crippen molar-refractivity contribution in [2.24, 2.45) is 5.92 Å². The molecule has 3 aromatic rings. The Kier molecular flexibility index (Phi) is 5.86. The Bertz CT molecular complexity index is 1020. The van der Waals surface area contributed by atoms with Gasteiger partial charge in [0, 0.05) is 24.7 Å². The molecule has 2 aromatic carbocycles. The number of halogens is 1. The number of piperidine rings is 1. The molecule has 5 nitrogen and oxygen atoms in total. The number of hydrogen-bond acceptors (Lipinski definition) is 3. The van der Waals surface area contributed by atoms with Crippen LogP contribution in [-0.4, -0.2) is 51.4 Å². The average Bonchev–Trinajstić information content (AvgIpc) is 3.11. The van der Waals surface area contributed by atoms with Crippen LogP contribution in [0, 0.1) is 11.7 Å². The lowest BCUT2D eigenvalue weighted by molar-refractivity contribution is -0.137. The molecule has 1 aliphatic rings. The van der Waals surface area contributed by atoms with Crippen LogP contribution < -0.4 is 0 Å². The summed E-state index contributed by atoms with van der Waals surface area (Å²) >= 11 is 0. The molecule has 0 bridgehead atoms. The van der Waals surface area contributed by atoms with E-state index in [1.54, 1.807) is 12.1 Å². The summed E-state index contributed by atoms with van der Waals surface area (Å²) in [5, 5.41) is 0. The number of likely N-dealkylation sites (tertiary alicyclic amines) is 1. The fourth-order valence-corrected chi connectivity index (χ4v) is 4.14. The molecule has 0 atom stereocenters. The Hall–Kier alpha value is -2.73. The minimum Gasteiger partial charge on any atom is -0.343 e. The number of rotatable bonds is 5. The average molecular weight is 409 g/mol. The van der Waals surface area contributed by atoms with Crippen molar-refractivity contribution in [2.45, 2.75) is 39.3 Å². The number of carbonyl (C=O) groups excluding carboxylic acids is 1. The number of para-hydroxylation sites is 2. The third-order valence-corrected chi connectivity index (χ3v) is 6.14. The van der Waals surface area contributed by atoms with E-state index in [-0.39, 0.29) is 23.7 Å². The smallest absolute Gasteiger partial charge is 0.225 e. The number of imidazole rings is 1. The van der Waals surface area contributed by atoms with Crippen LogP contribution in [0.15, 0.2) is 48.5 Å². The highest BCUT2D eigenvalue weighted by atomic mass is 19.1. The predicted octanol–water partition coefficient (Wildman–Crippen LogP) is 4.24. The van der Waals surface area contributed by atoms with Gasteiger partial charge in [0.1, 0.15) is 11.6 Å². The Balaban J connectivity index is 1.53. The van der Waals surface area contributed by atoms with E-state index in [0.29, 0.717) is 6.54 Å². The first kappa shape index (κ1) is 20.5. The quantitative estimate of drug-likeness (QED) is 0.634. The summed E-state index contributed by atoms with van der Waals surface area (Å²) in [6.45, 7) is 6.54. The number of nitrogens with zero attached hydrogens (tertiary/aromatic N) is 4. The zero-order valence-corrected chi connectivity index (χ0v) is 17.9. The van der Waals surface area contributed by atoms with Gasteiger partial charge in [-0.3, -0.25) is 14.3 Å². The molecule has 1 fully saturated rings. The van der Waals surface area contributed by atoms with Crippen LogP contribution in [0.4, 0.5) is 4.39 Å². The number of carbonyl (C=O) groups is 1. The summed E-state index contributed by atoms with van der Waals surface area (Å²) < 4.78 is 15.6. The highest BCUT2D eigenvalue weighted by Crippen LogP contribution is 2.25. The predicted molar refractivity (Wildman–Crippen MR) is 117 cm³/mol. The molecule has 0 spiro atoms. The second kappa shape index (κ2) is 8.56. The molecule has 30 heavy (non-hydrogen) atoms. The molecule has 0 radical (unpaired) electrons. The Morgan fingerprint density at radius 2 is 1.80 bits per heavy atom. The van der Waals surface area contributed by atoms with Gasteiger partial charge in [0.2, 0.25) is 5.91 Å². The van der Waals surface area contributed by atoms with Crippen LogP contribution in [0.3, 0.4) is 0 Å². The lowest BCUT2D eigenvalue weighted by atomic mass is 9.95. The molecule has 2 heterocycles. The van der Waals surface area contributed by atoms with Crippen molar-refractivity contribution in [1.29, 1.82) is 0 Å². The minimum atomic E-state index is -0.247. The van der Waals surface area contributed by atoms with Crippen molar-refractivity contribution < 1.29 is 9.18 Å². The zero-order valence-electron chi connectivity index (χ0n) is 17.9. The van der Waals surface area contributed by atoms with Crippen molar-refractivity contribution in [1.82, 2.24) is 19.4 Å². The van der Waals surface area contributed by atoms with Gasteiger partial charge in [-0.1, -0.05) is 12.1 Å². The molecular formula is C24H29FN4O. The van der Waals surface area contributed by atoms with Crippen molar-refractivity contribution >= 4 is 16.9 Å². The van der Waals surface area contributed by atoms with E-state index in [0.717, 1.165) is 48.5 Å². The highest BCUT2D eigenvalue weighted by Gasteiger charge is 2.28. The topological polar surface area (TPSA) is 41.4 Å². The largest absolute Gasteiger partial charge is 0.343 e. The van der Waals surface area contributed by atoms with E-state index in [1.165, 1.54) is 12.1 Å². The standard InChI is InChI=1S/C24H29FN4O/c1-17(2)27(3)24(30)18-12-14-28(15-13-18)16-23-26-21-6-4-5-7-22(21)29(23)20-10-8-19(25)9-11-20/h4-11,17-18H,12-16H2,1-3H3. The molecule has 1 aliphatic heterocycles. The van der Waals surface area contributed by atoms with E-state index in [9.17, 15) is 9.18 Å². The Morgan fingerprint density at radius 1 is 1.13 bits per heavy atom. The first-order valence-electron chi connectivity index (χ1n) is 10.7. The van der Waals surface area contributed by atoms with Gasteiger partial charge in [0.05, 0.1) is 17.6 Å².